The first-order valence-corrected chi connectivity index (χ1v) is 7.04. The van der Waals surface area contributed by atoms with E-state index < -0.39 is 0 Å². The number of carbonyl (C=O) groups excluding carboxylic acids is 1. The summed E-state index contributed by atoms with van der Waals surface area (Å²) in [6.45, 7) is 2.95. The van der Waals surface area contributed by atoms with Crippen LogP contribution >= 0.6 is 0 Å². The van der Waals surface area contributed by atoms with Crippen molar-refractivity contribution < 1.29 is 14.6 Å². The van der Waals surface area contributed by atoms with Crippen LogP contribution in [0.15, 0.2) is 0 Å². The Morgan fingerprint density at radius 1 is 1.28 bits per heavy atom. The van der Waals surface area contributed by atoms with Gasteiger partial charge in [-0.2, -0.15) is 0 Å². The summed E-state index contributed by atoms with van der Waals surface area (Å²) in [4.78, 5) is 13.9. The summed E-state index contributed by atoms with van der Waals surface area (Å²) in [5.41, 5.74) is 0. The van der Waals surface area contributed by atoms with Crippen LogP contribution in [-0.4, -0.2) is 60.9 Å². The third-order valence-corrected chi connectivity index (χ3v) is 3.89. The molecule has 1 amide bonds. The third-order valence-electron chi connectivity index (χ3n) is 3.89. The lowest BCUT2D eigenvalue weighted by atomic mass is 10.0. The Hall–Kier alpha value is -0.650. The molecule has 0 saturated carbocycles. The summed E-state index contributed by atoms with van der Waals surface area (Å²) < 4.78 is 5.68. The summed E-state index contributed by atoms with van der Waals surface area (Å²) in [6, 6.07) is 0.00266. The first-order chi connectivity index (χ1) is 8.81. The highest BCUT2D eigenvalue weighted by molar-refractivity contribution is 5.77. The molecule has 18 heavy (non-hydrogen) atoms. The van der Waals surface area contributed by atoms with Crippen molar-refractivity contribution in [2.24, 2.45) is 0 Å². The summed E-state index contributed by atoms with van der Waals surface area (Å²) in [6.07, 6.45) is 5.23. The lowest BCUT2D eigenvalue weighted by Crippen LogP contribution is -2.47. The van der Waals surface area contributed by atoms with Crippen LogP contribution in [0.5, 0.6) is 0 Å². The fraction of sp³-hybridized carbons (Fsp3) is 0.923. The van der Waals surface area contributed by atoms with Crippen molar-refractivity contribution in [3.05, 3.63) is 0 Å². The SMILES string of the molecule is O=C(COC1CCNCC1)N1CCCCC1CO. The fourth-order valence-corrected chi connectivity index (χ4v) is 2.75. The predicted octanol–water partition coefficient (Wildman–Crippen LogP) is 0.128. The van der Waals surface area contributed by atoms with E-state index in [1.807, 2.05) is 0 Å². The Bertz CT molecular complexity index is 267. The van der Waals surface area contributed by atoms with Gasteiger partial charge >= 0.3 is 0 Å². The van der Waals surface area contributed by atoms with Crippen LogP contribution in [0.1, 0.15) is 32.1 Å². The third kappa shape index (κ3) is 3.67. The van der Waals surface area contributed by atoms with Crippen LogP contribution < -0.4 is 5.32 Å². The number of ether oxygens (including phenoxy) is 1. The maximum atomic E-state index is 12.1. The number of aliphatic hydroxyl groups excluding tert-OH is 1. The van der Waals surface area contributed by atoms with E-state index in [-0.39, 0.29) is 31.3 Å². The van der Waals surface area contributed by atoms with Gasteiger partial charge in [0.15, 0.2) is 0 Å². The van der Waals surface area contributed by atoms with Gasteiger partial charge in [0.2, 0.25) is 5.91 Å². The lowest BCUT2D eigenvalue weighted by molar-refractivity contribution is -0.143. The molecule has 0 aromatic rings. The van der Waals surface area contributed by atoms with Gasteiger partial charge in [-0.3, -0.25) is 4.79 Å². The fourth-order valence-electron chi connectivity index (χ4n) is 2.75. The number of hydrogen-bond acceptors (Lipinski definition) is 4. The van der Waals surface area contributed by atoms with E-state index >= 15 is 0 Å². The first-order valence-electron chi connectivity index (χ1n) is 7.04. The van der Waals surface area contributed by atoms with Crippen molar-refractivity contribution in [3.8, 4) is 0 Å². The van der Waals surface area contributed by atoms with Gasteiger partial charge in [0.25, 0.3) is 0 Å². The zero-order valence-electron chi connectivity index (χ0n) is 10.9. The Morgan fingerprint density at radius 3 is 2.78 bits per heavy atom. The number of hydrogen-bond donors (Lipinski definition) is 2. The van der Waals surface area contributed by atoms with E-state index in [0.717, 1.165) is 51.7 Å². The van der Waals surface area contributed by atoms with E-state index in [9.17, 15) is 9.90 Å². The summed E-state index contributed by atoms with van der Waals surface area (Å²) >= 11 is 0. The summed E-state index contributed by atoms with van der Waals surface area (Å²) in [5, 5.41) is 12.6. The first kappa shape index (κ1) is 13.8. The summed E-state index contributed by atoms with van der Waals surface area (Å²) in [7, 11) is 0. The van der Waals surface area contributed by atoms with E-state index in [0.29, 0.717) is 0 Å². The van der Waals surface area contributed by atoms with Crippen LogP contribution in [0.25, 0.3) is 0 Å². The van der Waals surface area contributed by atoms with Crippen molar-refractivity contribution in [3.63, 3.8) is 0 Å². The van der Waals surface area contributed by atoms with E-state index in [2.05, 4.69) is 5.32 Å². The highest BCUT2D eigenvalue weighted by Gasteiger charge is 2.26. The molecule has 0 aromatic heterocycles. The minimum absolute atomic E-state index is 0.00266. The number of amides is 1. The van der Waals surface area contributed by atoms with E-state index in [1.165, 1.54) is 0 Å². The van der Waals surface area contributed by atoms with Gasteiger partial charge in [-0.1, -0.05) is 0 Å². The smallest absolute Gasteiger partial charge is 0.248 e. The second-order valence-corrected chi connectivity index (χ2v) is 5.18. The van der Waals surface area contributed by atoms with Crippen molar-refractivity contribution in [1.82, 2.24) is 10.2 Å². The number of likely N-dealkylation sites (tertiary alicyclic amines) is 1. The molecule has 2 N–H and O–H groups in total. The molecule has 0 aliphatic carbocycles. The Labute approximate surface area is 108 Å². The standard InChI is InChI=1S/C13H24N2O3/c16-9-11-3-1-2-8-15(11)13(17)10-18-12-4-6-14-7-5-12/h11-12,14,16H,1-10H2. The minimum Gasteiger partial charge on any atom is -0.394 e. The molecule has 2 fully saturated rings. The number of piperidine rings is 2. The molecule has 2 aliphatic heterocycles. The molecule has 2 heterocycles. The van der Waals surface area contributed by atoms with Crippen LogP contribution in [0.4, 0.5) is 0 Å². The molecule has 0 radical (unpaired) electrons. The molecule has 2 rings (SSSR count). The molecular formula is C13H24N2O3. The molecular weight excluding hydrogens is 232 g/mol. The number of nitrogens with one attached hydrogen (secondary N) is 1. The van der Waals surface area contributed by atoms with E-state index in [1.54, 1.807) is 4.90 Å². The molecule has 2 aliphatic rings. The predicted molar refractivity (Wildman–Crippen MR) is 68.3 cm³/mol. The lowest BCUT2D eigenvalue weighted by Gasteiger charge is -2.35. The molecule has 0 aromatic carbocycles. The number of carbonyl (C=O) groups is 1. The van der Waals surface area contributed by atoms with Gasteiger partial charge in [0, 0.05) is 6.54 Å². The molecule has 5 heteroatoms. The molecule has 1 unspecified atom stereocenters. The molecule has 0 bridgehead atoms. The highest BCUT2D eigenvalue weighted by atomic mass is 16.5. The molecule has 0 spiro atoms. The Kier molecular flexibility index (Phi) is 5.41. The van der Waals surface area contributed by atoms with Crippen molar-refractivity contribution >= 4 is 5.91 Å². The van der Waals surface area contributed by atoms with Crippen molar-refractivity contribution in [2.75, 3.05) is 32.8 Å². The second kappa shape index (κ2) is 7.07. The van der Waals surface area contributed by atoms with Gasteiger partial charge in [-0.15, -0.1) is 0 Å². The van der Waals surface area contributed by atoms with Crippen LogP contribution in [0.3, 0.4) is 0 Å². The van der Waals surface area contributed by atoms with Crippen LogP contribution in [0.2, 0.25) is 0 Å². The average molecular weight is 256 g/mol. The second-order valence-electron chi connectivity index (χ2n) is 5.18. The normalized spacial score (nSPS) is 26.3. The van der Waals surface area contributed by atoms with E-state index in [4.69, 9.17) is 4.74 Å². The molecule has 5 nitrogen and oxygen atoms in total. The van der Waals surface area contributed by atoms with Gasteiger partial charge in [-0.05, 0) is 45.2 Å². The average Bonchev–Trinajstić information content (AvgIpc) is 2.45. The maximum absolute atomic E-state index is 12.1. The van der Waals surface area contributed by atoms with Crippen molar-refractivity contribution in [2.45, 2.75) is 44.2 Å². The van der Waals surface area contributed by atoms with Gasteiger partial charge in [0.05, 0.1) is 18.8 Å². The zero-order chi connectivity index (χ0) is 12.8. The van der Waals surface area contributed by atoms with Crippen molar-refractivity contribution in [1.29, 1.82) is 0 Å². The van der Waals surface area contributed by atoms with Gasteiger partial charge in [0.1, 0.15) is 6.61 Å². The topological polar surface area (TPSA) is 61.8 Å². The number of nitrogens with zero attached hydrogens (tertiary/aromatic N) is 1. The number of rotatable bonds is 4. The maximum Gasteiger partial charge on any atom is 0.248 e. The molecule has 1 atom stereocenters. The minimum atomic E-state index is 0.00266. The molecule has 2 saturated heterocycles. The van der Waals surface area contributed by atoms with Gasteiger partial charge < -0.3 is 20.1 Å². The van der Waals surface area contributed by atoms with Crippen LogP contribution in [0, 0.1) is 0 Å². The molecule has 104 valence electrons. The Balaban J connectivity index is 1.75. The zero-order valence-corrected chi connectivity index (χ0v) is 10.9. The largest absolute Gasteiger partial charge is 0.394 e. The number of aliphatic hydroxyl groups is 1. The monoisotopic (exact) mass is 256 g/mol. The Morgan fingerprint density at radius 2 is 2.06 bits per heavy atom. The van der Waals surface area contributed by atoms with Gasteiger partial charge in [-0.25, -0.2) is 0 Å². The van der Waals surface area contributed by atoms with Crippen LogP contribution in [-0.2, 0) is 9.53 Å². The quantitative estimate of drug-likeness (QED) is 0.750. The summed E-state index contributed by atoms with van der Waals surface area (Å²) in [5.74, 6) is 0.0345. The highest BCUT2D eigenvalue weighted by Crippen LogP contribution is 2.17.